The summed E-state index contributed by atoms with van der Waals surface area (Å²) in [7, 11) is 0. The zero-order valence-corrected chi connectivity index (χ0v) is 18.4. The summed E-state index contributed by atoms with van der Waals surface area (Å²) in [6.45, 7) is 6.69. The smallest absolute Gasteiger partial charge is 0.191 e. The maximum atomic E-state index is 6.10. The molecule has 0 amide bonds. The Balaban J connectivity index is 1.34. The number of fused-ring (bicyclic) bond motifs is 1. The average Bonchev–Trinajstić information content (AvgIpc) is 3.19. The lowest BCUT2D eigenvalue weighted by atomic mass is 9.55. The highest BCUT2D eigenvalue weighted by Crippen LogP contribution is 2.53. The van der Waals surface area contributed by atoms with Crippen LogP contribution >= 0.6 is 0 Å². The Bertz CT molecular complexity index is 841. The van der Waals surface area contributed by atoms with Gasteiger partial charge in [0.15, 0.2) is 11.6 Å². The summed E-state index contributed by atoms with van der Waals surface area (Å²) < 4.78 is 8.16. The van der Waals surface area contributed by atoms with Crippen LogP contribution in [0.1, 0.15) is 64.6 Å². The Morgan fingerprint density at radius 2 is 2.10 bits per heavy atom. The van der Waals surface area contributed by atoms with Crippen LogP contribution in [0.5, 0.6) is 0 Å². The van der Waals surface area contributed by atoms with Crippen LogP contribution in [0.15, 0.2) is 29.4 Å². The first-order valence-electron chi connectivity index (χ1n) is 11.7. The predicted molar refractivity (Wildman–Crippen MR) is 120 cm³/mol. The summed E-state index contributed by atoms with van der Waals surface area (Å²) in [5.74, 6) is 1.94. The van der Waals surface area contributed by atoms with Crippen LogP contribution in [0.25, 0.3) is 5.65 Å². The van der Waals surface area contributed by atoms with Gasteiger partial charge in [-0.2, -0.15) is 0 Å². The Morgan fingerprint density at radius 1 is 1.23 bits per heavy atom. The van der Waals surface area contributed by atoms with E-state index in [9.17, 15) is 0 Å². The fraction of sp³-hybridized carbons (Fsp3) is 0.696. The first kappa shape index (κ1) is 21.1. The average molecular weight is 413 g/mol. The van der Waals surface area contributed by atoms with Crippen LogP contribution in [0, 0.1) is 5.41 Å². The molecule has 164 valence electrons. The second kappa shape index (κ2) is 9.77. The molecular weight excluding hydrogens is 376 g/mol. The summed E-state index contributed by atoms with van der Waals surface area (Å²) in [6, 6.07) is 6.45. The predicted octanol–water partition coefficient (Wildman–Crippen LogP) is 3.34. The van der Waals surface area contributed by atoms with Gasteiger partial charge in [0.2, 0.25) is 0 Å². The lowest BCUT2D eigenvalue weighted by molar-refractivity contribution is -0.145. The van der Waals surface area contributed by atoms with Crippen molar-refractivity contribution in [2.45, 2.75) is 77.4 Å². The number of ether oxygens (including phenoxy) is 1. The third-order valence-electron chi connectivity index (χ3n) is 6.81. The molecule has 2 aliphatic carbocycles. The topological polar surface area (TPSA) is 75.8 Å². The van der Waals surface area contributed by atoms with Gasteiger partial charge in [-0.05, 0) is 51.7 Å². The van der Waals surface area contributed by atoms with E-state index in [1.54, 1.807) is 0 Å². The molecule has 2 saturated carbocycles. The maximum absolute atomic E-state index is 6.10. The molecule has 30 heavy (non-hydrogen) atoms. The van der Waals surface area contributed by atoms with E-state index in [1.165, 1.54) is 32.1 Å². The van der Waals surface area contributed by atoms with E-state index in [2.05, 4.69) is 39.1 Å². The highest BCUT2D eigenvalue weighted by Gasteiger charge is 2.55. The number of hydrogen-bond donors (Lipinski definition) is 2. The Labute approximate surface area is 179 Å². The lowest BCUT2D eigenvalue weighted by Gasteiger charge is -2.58. The van der Waals surface area contributed by atoms with Crippen molar-refractivity contribution in [3.63, 3.8) is 0 Å². The molecule has 7 nitrogen and oxygen atoms in total. The number of pyridine rings is 1. The number of aromatic nitrogens is 3. The SMILES string of the molecule is CCNC(=NCCCc1nnc2ccccn12)NC1CC(OCC)C12CCCCC2. The number of aliphatic imine (C=N–C) groups is 1. The molecule has 2 aromatic rings. The summed E-state index contributed by atoms with van der Waals surface area (Å²) >= 11 is 0. The summed E-state index contributed by atoms with van der Waals surface area (Å²) in [5, 5.41) is 15.7. The third kappa shape index (κ3) is 4.31. The van der Waals surface area contributed by atoms with Crippen molar-refractivity contribution in [2.75, 3.05) is 19.7 Å². The number of aryl methyl sites for hydroxylation is 1. The summed E-state index contributed by atoms with van der Waals surface area (Å²) in [5.41, 5.74) is 1.20. The van der Waals surface area contributed by atoms with E-state index in [0.29, 0.717) is 17.6 Å². The fourth-order valence-electron chi connectivity index (χ4n) is 5.24. The number of rotatable bonds is 8. The molecule has 2 heterocycles. The van der Waals surface area contributed by atoms with E-state index >= 15 is 0 Å². The molecule has 2 aromatic heterocycles. The molecule has 1 spiro atoms. The van der Waals surface area contributed by atoms with Crippen molar-refractivity contribution in [1.82, 2.24) is 25.2 Å². The number of hydrogen-bond acceptors (Lipinski definition) is 4. The van der Waals surface area contributed by atoms with E-state index < -0.39 is 0 Å². The molecule has 2 aliphatic rings. The fourth-order valence-corrected chi connectivity index (χ4v) is 5.24. The first-order valence-corrected chi connectivity index (χ1v) is 11.7. The minimum absolute atomic E-state index is 0.297. The van der Waals surface area contributed by atoms with Gasteiger partial charge in [-0.25, -0.2) is 0 Å². The molecule has 0 aromatic carbocycles. The lowest BCUT2D eigenvalue weighted by Crippen LogP contribution is -2.66. The molecule has 4 rings (SSSR count). The Morgan fingerprint density at radius 3 is 2.90 bits per heavy atom. The summed E-state index contributed by atoms with van der Waals surface area (Å²) in [6.07, 6.45) is 11.9. The standard InChI is InChI=1S/C23H36N6O/c1-3-24-22(25-15-10-12-21-28-27-20-11-6-9-16-29(20)21)26-18-17-19(30-4-2)23(18)13-7-5-8-14-23/h6,9,11,16,18-19H,3-5,7-8,10,12-15,17H2,1-2H3,(H2,24,25,26). The van der Waals surface area contributed by atoms with E-state index in [-0.39, 0.29) is 0 Å². The van der Waals surface area contributed by atoms with Crippen molar-refractivity contribution < 1.29 is 4.74 Å². The Kier molecular flexibility index (Phi) is 6.87. The van der Waals surface area contributed by atoms with Crippen LogP contribution < -0.4 is 10.6 Å². The van der Waals surface area contributed by atoms with Gasteiger partial charge in [0.25, 0.3) is 0 Å². The molecule has 2 unspecified atom stereocenters. The van der Waals surface area contributed by atoms with Crippen molar-refractivity contribution >= 4 is 11.6 Å². The van der Waals surface area contributed by atoms with Crippen LogP contribution in [0.4, 0.5) is 0 Å². The molecule has 0 aliphatic heterocycles. The minimum atomic E-state index is 0.297. The molecule has 2 N–H and O–H groups in total. The molecule has 0 saturated heterocycles. The van der Waals surface area contributed by atoms with E-state index in [0.717, 1.165) is 56.4 Å². The van der Waals surface area contributed by atoms with Crippen LogP contribution in [0.2, 0.25) is 0 Å². The van der Waals surface area contributed by atoms with Crippen molar-refractivity contribution in [3.05, 3.63) is 30.2 Å². The molecule has 0 radical (unpaired) electrons. The third-order valence-corrected chi connectivity index (χ3v) is 6.81. The van der Waals surface area contributed by atoms with Crippen molar-refractivity contribution in [1.29, 1.82) is 0 Å². The monoisotopic (exact) mass is 412 g/mol. The minimum Gasteiger partial charge on any atom is -0.378 e. The number of nitrogens with one attached hydrogen (secondary N) is 2. The highest BCUT2D eigenvalue weighted by atomic mass is 16.5. The molecular formula is C23H36N6O. The van der Waals surface area contributed by atoms with Gasteiger partial charge in [0.1, 0.15) is 5.82 Å². The van der Waals surface area contributed by atoms with Crippen molar-refractivity contribution in [2.24, 2.45) is 10.4 Å². The molecule has 2 atom stereocenters. The van der Waals surface area contributed by atoms with Gasteiger partial charge in [-0.3, -0.25) is 9.39 Å². The second-order valence-electron chi connectivity index (χ2n) is 8.58. The number of guanidine groups is 1. The normalized spacial score (nSPS) is 23.5. The largest absolute Gasteiger partial charge is 0.378 e. The van der Waals surface area contributed by atoms with Gasteiger partial charge in [-0.15, -0.1) is 10.2 Å². The van der Waals surface area contributed by atoms with Gasteiger partial charge in [-0.1, -0.05) is 25.3 Å². The Hall–Kier alpha value is -2.15. The highest BCUT2D eigenvalue weighted by molar-refractivity contribution is 5.80. The molecule has 2 fully saturated rings. The van der Waals surface area contributed by atoms with Gasteiger partial charge in [0, 0.05) is 43.8 Å². The van der Waals surface area contributed by atoms with E-state index in [4.69, 9.17) is 9.73 Å². The van der Waals surface area contributed by atoms with Crippen LogP contribution in [0.3, 0.4) is 0 Å². The van der Waals surface area contributed by atoms with Gasteiger partial charge >= 0.3 is 0 Å². The van der Waals surface area contributed by atoms with Crippen LogP contribution in [-0.4, -0.2) is 52.4 Å². The number of nitrogens with zero attached hydrogens (tertiary/aromatic N) is 4. The first-order chi connectivity index (χ1) is 14.8. The van der Waals surface area contributed by atoms with Gasteiger partial charge < -0.3 is 15.4 Å². The van der Waals surface area contributed by atoms with E-state index in [1.807, 2.05) is 24.4 Å². The van der Waals surface area contributed by atoms with Crippen LogP contribution in [-0.2, 0) is 11.2 Å². The van der Waals surface area contributed by atoms with Gasteiger partial charge in [0.05, 0.1) is 6.10 Å². The summed E-state index contributed by atoms with van der Waals surface area (Å²) in [4.78, 5) is 4.86. The zero-order chi connectivity index (χ0) is 20.8. The molecule has 7 heteroatoms. The zero-order valence-electron chi connectivity index (χ0n) is 18.4. The second-order valence-corrected chi connectivity index (χ2v) is 8.58. The van der Waals surface area contributed by atoms with Crippen molar-refractivity contribution in [3.8, 4) is 0 Å². The molecule has 0 bridgehead atoms. The quantitative estimate of drug-likeness (QED) is 0.395. The maximum Gasteiger partial charge on any atom is 0.191 e.